The predicted octanol–water partition coefficient (Wildman–Crippen LogP) is 2.64. The third-order valence-electron chi connectivity index (χ3n) is 1.45. The Morgan fingerprint density at radius 3 is 2.38 bits per heavy atom. The van der Waals surface area contributed by atoms with Crippen molar-refractivity contribution in [3.63, 3.8) is 0 Å². The summed E-state index contributed by atoms with van der Waals surface area (Å²) in [5, 5.41) is 3.00. The second-order valence-electron chi connectivity index (χ2n) is 2.31. The molecule has 1 N–H and O–H groups in total. The number of carbonyl (C=O) groups is 1. The van der Waals surface area contributed by atoms with Crippen LogP contribution in [0.1, 0.15) is 0 Å². The second kappa shape index (κ2) is 4.35. The highest BCUT2D eigenvalue weighted by Crippen LogP contribution is 2.19. The van der Waals surface area contributed by atoms with Crippen LogP contribution in [0.4, 0.5) is 10.5 Å². The highest BCUT2D eigenvalue weighted by molar-refractivity contribution is 6.36. The molecule has 0 heterocycles. The molecule has 3 nitrogen and oxygen atoms in total. The van der Waals surface area contributed by atoms with Crippen molar-refractivity contribution in [2.45, 2.75) is 0 Å². The maximum Gasteiger partial charge on any atom is 0.336 e. The van der Waals surface area contributed by atoms with E-state index in [0.717, 1.165) is 4.42 Å². The van der Waals surface area contributed by atoms with Gasteiger partial charge in [0.1, 0.15) is 0 Å². The zero-order valence-electron chi connectivity index (χ0n) is 6.92. The van der Waals surface area contributed by atoms with E-state index in [1.165, 1.54) is 7.05 Å². The van der Waals surface area contributed by atoms with Gasteiger partial charge in [-0.15, -0.1) is 0 Å². The minimum Gasteiger partial charge on any atom is -0.340 e. The minimum atomic E-state index is -0.385. The summed E-state index contributed by atoms with van der Waals surface area (Å²) in [5.74, 6) is 0. The van der Waals surface area contributed by atoms with Crippen molar-refractivity contribution in [2.75, 3.05) is 11.5 Å². The van der Waals surface area contributed by atoms with Gasteiger partial charge in [0.25, 0.3) is 0 Å². The van der Waals surface area contributed by atoms with E-state index in [1.54, 1.807) is 24.3 Å². The first-order valence-corrected chi connectivity index (χ1v) is 4.30. The molecule has 0 saturated heterocycles. The highest BCUT2D eigenvalue weighted by atomic mass is 35.5. The smallest absolute Gasteiger partial charge is 0.336 e. The van der Waals surface area contributed by atoms with Crippen molar-refractivity contribution >= 4 is 35.1 Å². The van der Waals surface area contributed by atoms with Crippen LogP contribution in [0.5, 0.6) is 0 Å². The molecule has 13 heavy (non-hydrogen) atoms. The first-order chi connectivity index (χ1) is 6.15. The number of amides is 2. The lowest BCUT2D eigenvalue weighted by Gasteiger charge is -2.12. The topological polar surface area (TPSA) is 32.3 Å². The lowest BCUT2D eigenvalue weighted by atomic mass is 10.3. The summed E-state index contributed by atoms with van der Waals surface area (Å²) in [5.41, 5.74) is 0.574. The van der Waals surface area contributed by atoms with Crippen LogP contribution in [0.25, 0.3) is 0 Å². The van der Waals surface area contributed by atoms with Gasteiger partial charge in [-0.3, -0.25) is 0 Å². The molecule has 5 heteroatoms. The SMILES string of the molecule is CNC(=O)N(Cl)c1ccc(Cl)cc1. The number of nitrogens with one attached hydrogen (secondary N) is 1. The molecule has 1 aromatic carbocycles. The van der Waals surface area contributed by atoms with Gasteiger partial charge in [0, 0.05) is 23.8 Å². The largest absolute Gasteiger partial charge is 0.340 e. The third kappa shape index (κ3) is 2.50. The summed E-state index contributed by atoms with van der Waals surface area (Å²) in [6, 6.07) is 6.25. The third-order valence-corrected chi connectivity index (χ3v) is 2.05. The Morgan fingerprint density at radius 2 is 1.92 bits per heavy atom. The van der Waals surface area contributed by atoms with E-state index in [2.05, 4.69) is 5.32 Å². The van der Waals surface area contributed by atoms with Crippen LogP contribution in [-0.2, 0) is 0 Å². The fraction of sp³-hybridized carbons (Fsp3) is 0.125. The summed E-state index contributed by atoms with van der Waals surface area (Å²) in [4.78, 5) is 11.0. The first kappa shape index (κ1) is 10.2. The van der Waals surface area contributed by atoms with Gasteiger partial charge in [-0.25, -0.2) is 9.21 Å². The van der Waals surface area contributed by atoms with E-state index in [0.29, 0.717) is 10.7 Å². The average molecular weight is 219 g/mol. The fourth-order valence-electron chi connectivity index (χ4n) is 0.787. The van der Waals surface area contributed by atoms with Crippen LogP contribution >= 0.6 is 23.4 Å². The molecule has 0 aromatic heterocycles. The number of rotatable bonds is 1. The molecular weight excluding hydrogens is 211 g/mol. The van der Waals surface area contributed by atoms with Crippen molar-refractivity contribution in [3.8, 4) is 0 Å². The zero-order valence-corrected chi connectivity index (χ0v) is 8.43. The Balaban J connectivity index is 2.83. The van der Waals surface area contributed by atoms with E-state index in [4.69, 9.17) is 23.4 Å². The zero-order chi connectivity index (χ0) is 9.84. The fourth-order valence-corrected chi connectivity index (χ4v) is 1.11. The van der Waals surface area contributed by atoms with E-state index in [1.807, 2.05) is 0 Å². The molecule has 0 fully saturated rings. The van der Waals surface area contributed by atoms with Gasteiger partial charge in [-0.1, -0.05) is 11.6 Å². The lowest BCUT2D eigenvalue weighted by molar-refractivity contribution is 0.251. The number of hydrogen-bond donors (Lipinski definition) is 1. The van der Waals surface area contributed by atoms with Gasteiger partial charge in [0.2, 0.25) is 0 Å². The molecule has 0 saturated carbocycles. The Morgan fingerprint density at radius 1 is 1.38 bits per heavy atom. The van der Waals surface area contributed by atoms with E-state index < -0.39 is 0 Å². The van der Waals surface area contributed by atoms with E-state index in [-0.39, 0.29) is 6.03 Å². The molecule has 70 valence electrons. The van der Waals surface area contributed by atoms with Crippen LogP contribution in [0, 0.1) is 0 Å². The maximum absolute atomic E-state index is 11.0. The molecule has 0 bridgehead atoms. The van der Waals surface area contributed by atoms with Crippen LogP contribution in [0.3, 0.4) is 0 Å². The molecule has 1 rings (SSSR count). The van der Waals surface area contributed by atoms with E-state index >= 15 is 0 Å². The number of carbonyl (C=O) groups excluding carboxylic acids is 1. The standard InChI is InChI=1S/C8H8Cl2N2O/c1-11-8(13)12(10)7-4-2-6(9)3-5-7/h2-5H,1H3,(H,11,13). The van der Waals surface area contributed by atoms with Crippen LogP contribution < -0.4 is 9.74 Å². The molecule has 2 amide bonds. The number of hydrogen-bond acceptors (Lipinski definition) is 1. The van der Waals surface area contributed by atoms with Gasteiger partial charge >= 0.3 is 6.03 Å². The van der Waals surface area contributed by atoms with Gasteiger partial charge in [0.05, 0.1) is 5.69 Å². The molecule has 1 aromatic rings. The highest BCUT2D eigenvalue weighted by Gasteiger charge is 2.10. The average Bonchev–Trinajstić information content (AvgIpc) is 2.17. The molecule has 0 radical (unpaired) electrons. The molecule has 0 unspecified atom stereocenters. The monoisotopic (exact) mass is 218 g/mol. The molecular formula is C8H8Cl2N2O. The quantitative estimate of drug-likeness (QED) is 0.723. The Kier molecular flexibility index (Phi) is 3.39. The number of halogens is 2. The molecule has 0 atom stereocenters. The summed E-state index contributed by atoms with van der Waals surface area (Å²) < 4.78 is 0.982. The minimum absolute atomic E-state index is 0.385. The maximum atomic E-state index is 11.0. The number of urea groups is 1. The van der Waals surface area contributed by atoms with Gasteiger partial charge < -0.3 is 5.32 Å². The van der Waals surface area contributed by atoms with Gasteiger partial charge in [-0.2, -0.15) is 0 Å². The normalized spacial score (nSPS) is 9.46. The summed E-state index contributed by atoms with van der Waals surface area (Å²) in [7, 11) is 1.51. The van der Waals surface area contributed by atoms with Crippen molar-refractivity contribution < 1.29 is 4.79 Å². The number of anilines is 1. The first-order valence-electron chi connectivity index (χ1n) is 3.58. The van der Waals surface area contributed by atoms with Gasteiger partial charge in [-0.05, 0) is 24.3 Å². The summed E-state index contributed by atoms with van der Waals surface area (Å²) in [6.07, 6.45) is 0. The lowest BCUT2D eigenvalue weighted by Crippen LogP contribution is -2.30. The molecule has 0 aliphatic rings. The van der Waals surface area contributed by atoms with Crippen molar-refractivity contribution in [2.24, 2.45) is 0 Å². The molecule has 0 aliphatic heterocycles. The predicted molar refractivity (Wildman–Crippen MR) is 54.2 cm³/mol. The van der Waals surface area contributed by atoms with Crippen molar-refractivity contribution in [3.05, 3.63) is 29.3 Å². The van der Waals surface area contributed by atoms with E-state index in [9.17, 15) is 4.79 Å². The number of nitrogens with zero attached hydrogens (tertiary/aromatic N) is 1. The molecule has 0 aliphatic carbocycles. The Labute approximate surface area is 86.4 Å². The summed E-state index contributed by atoms with van der Waals surface area (Å²) >= 11 is 11.4. The summed E-state index contributed by atoms with van der Waals surface area (Å²) in [6.45, 7) is 0. The van der Waals surface area contributed by atoms with Crippen LogP contribution in [0.2, 0.25) is 5.02 Å². The molecule has 0 spiro atoms. The van der Waals surface area contributed by atoms with Crippen molar-refractivity contribution in [1.29, 1.82) is 0 Å². The Hall–Kier alpha value is -0.930. The van der Waals surface area contributed by atoms with Gasteiger partial charge in [0.15, 0.2) is 0 Å². The Bertz CT molecular complexity index is 300. The number of benzene rings is 1. The van der Waals surface area contributed by atoms with Crippen LogP contribution in [-0.4, -0.2) is 13.1 Å². The van der Waals surface area contributed by atoms with Crippen LogP contribution in [0.15, 0.2) is 24.3 Å². The van der Waals surface area contributed by atoms with Crippen molar-refractivity contribution in [1.82, 2.24) is 5.32 Å². The second-order valence-corrected chi connectivity index (χ2v) is 3.09.